The Balaban J connectivity index is 1.71. The van der Waals surface area contributed by atoms with Crippen LogP contribution in [0, 0.1) is 13.8 Å². The van der Waals surface area contributed by atoms with Crippen LogP contribution in [0.3, 0.4) is 0 Å². The first-order chi connectivity index (χ1) is 9.72. The number of benzene rings is 1. The van der Waals surface area contributed by atoms with Gasteiger partial charge < -0.3 is 5.32 Å². The summed E-state index contributed by atoms with van der Waals surface area (Å²) in [5.74, 6) is 0. The van der Waals surface area contributed by atoms with Crippen LogP contribution < -0.4 is 5.32 Å². The van der Waals surface area contributed by atoms with Crippen molar-refractivity contribution in [1.82, 2.24) is 0 Å². The van der Waals surface area contributed by atoms with Crippen molar-refractivity contribution >= 4 is 28.4 Å². The molecule has 0 aliphatic carbocycles. The summed E-state index contributed by atoms with van der Waals surface area (Å²) in [6, 6.07) is 13.1. The molecular weight excluding hydrogens is 282 g/mol. The predicted octanol–water partition coefficient (Wildman–Crippen LogP) is 5.71. The van der Waals surface area contributed by atoms with Gasteiger partial charge in [-0.05, 0) is 53.9 Å². The lowest BCUT2D eigenvalue weighted by molar-refractivity contribution is 1.17. The minimum atomic E-state index is 0.889. The van der Waals surface area contributed by atoms with Gasteiger partial charge in [0.1, 0.15) is 0 Å². The molecule has 2 heterocycles. The molecule has 0 bridgehead atoms. The van der Waals surface area contributed by atoms with Crippen LogP contribution in [0.5, 0.6) is 0 Å². The Hall–Kier alpha value is -1.58. The number of nitrogens with one attached hydrogen (secondary N) is 1. The molecule has 0 aliphatic heterocycles. The minimum absolute atomic E-state index is 0.889. The van der Waals surface area contributed by atoms with E-state index in [1.807, 2.05) is 11.3 Å². The summed E-state index contributed by atoms with van der Waals surface area (Å²) in [7, 11) is 0. The fraction of sp³-hybridized carbons (Fsp3) is 0.176. The van der Waals surface area contributed by atoms with Crippen molar-refractivity contribution in [2.24, 2.45) is 0 Å². The van der Waals surface area contributed by atoms with Crippen molar-refractivity contribution in [1.29, 1.82) is 0 Å². The van der Waals surface area contributed by atoms with E-state index in [1.165, 1.54) is 32.1 Å². The Bertz CT molecular complexity index is 696. The van der Waals surface area contributed by atoms with E-state index >= 15 is 0 Å². The Kier molecular flexibility index (Phi) is 3.90. The standard InChI is InChI=1S/C17H17NS2/c1-12-5-6-13(2)16(8-12)18-10-15-9-14(11-20-15)17-4-3-7-19-17/h3-9,11,18H,10H2,1-2H3. The topological polar surface area (TPSA) is 12.0 Å². The van der Waals surface area contributed by atoms with Gasteiger partial charge in [-0.25, -0.2) is 0 Å². The molecule has 3 aromatic rings. The van der Waals surface area contributed by atoms with Crippen molar-refractivity contribution in [2.45, 2.75) is 20.4 Å². The smallest absolute Gasteiger partial charge is 0.0494 e. The highest BCUT2D eigenvalue weighted by atomic mass is 32.1. The van der Waals surface area contributed by atoms with Gasteiger partial charge >= 0.3 is 0 Å². The summed E-state index contributed by atoms with van der Waals surface area (Å²) in [5.41, 5.74) is 5.16. The molecule has 0 radical (unpaired) electrons. The Morgan fingerprint density at radius 3 is 2.75 bits per heavy atom. The molecule has 0 spiro atoms. The zero-order valence-electron chi connectivity index (χ0n) is 11.6. The molecule has 1 N–H and O–H groups in total. The SMILES string of the molecule is Cc1ccc(C)c(NCc2cc(-c3cccs3)cs2)c1. The van der Waals surface area contributed by atoms with Gasteiger partial charge in [0.25, 0.3) is 0 Å². The van der Waals surface area contributed by atoms with Crippen LogP contribution in [0.25, 0.3) is 10.4 Å². The molecule has 0 saturated heterocycles. The van der Waals surface area contributed by atoms with E-state index in [0.29, 0.717) is 0 Å². The maximum absolute atomic E-state index is 3.54. The second kappa shape index (κ2) is 5.81. The summed E-state index contributed by atoms with van der Waals surface area (Å²) >= 11 is 3.62. The van der Waals surface area contributed by atoms with Crippen LogP contribution in [0.1, 0.15) is 16.0 Å². The van der Waals surface area contributed by atoms with Crippen molar-refractivity contribution in [3.63, 3.8) is 0 Å². The molecule has 20 heavy (non-hydrogen) atoms. The zero-order chi connectivity index (χ0) is 13.9. The highest BCUT2D eigenvalue weighted by molar-refractivity contribution is 7.14. The quantitative estimate of drug-likeness (QED) is 0.651. The van der Waals surface area contributed by atoms with E-state index < -0.39 is 0 Å². The van der Waals surface area contributed by atoms with E-state index in [2.05, 4.69) is 66.3 Å². The molecule has 2 aromatic heterocycles. The lowest BCUT2D eigenvalue weighted by atomic mass is 10.1. The van der Waals surface area contributed by atoms with Crippen LogP contribution in [-0.2, 0) is 6.54 Å². The molecule has 0 saturated carbocycles. The molecule has 3 rings (SSSR count). The molecule has 0 atom stereocenters. The van der Waals surface area contributed by atoms with E-state index in [1.54, 1.807) is 11.3 Å². The highest BCUT2D eigenvalue weighted by Gasteiger charge is 2.04. The average molecular weight is 299 g/mol. The van der Waals surface area contributed by atoms with Gasteiger partial charge in [-0.2, -0.15) is 0 Å². The van der Waals surface area contributed by atoms with Crippen molar-refractivity contribution in [3.05, 3.63) is 63.2 Å². The summed E-state index contributed by atoms with van der Waals surface area (Å²) in [6.45, 7) is 5.16. The summed E-state index contributed by atoms with van der Waals surface area (Å²) in [5, 5.41) is 7.91. The third-order valence-electron chi connectivity index (χ3n) is 3.31. The molecule has 0 unspecified atom stereocenters. The second-order valence-electron chi connectivity index (χ2n) is 4.95. The van der Waals surface area contributed by atoms with E-state index in [9.17, 15) is 0 Å². The molecule has 102 valence electrons. The minimum Gasteiger partial charge on any atom is -0.380 e. The van der Waals surface area contributed by atoms with Crippen LogP contribution in [-0.4, -0.2) is 0 Å². The summed E-state index contributed by atoms with van der Waals surface area (Å²) < 4.78 is 0. The number of aryl methyl sites for hydroxylation is 2. The van der Waals surface area contributed by atoms with Gasteiger partial charge in [-0.15, -0.1) is 22.7 Å². The van der Waals surface area contributed by atoms with Gasteiger partial charge in [0.2, 0.25) is 0 Å². The maximum atomic E-state index is 3.54. The van der Waals surface area contributed by atoms with E-state index in [4.69, 9.17) is 0 Å². The van der Waals surface area contributed by atoms with E-state index in [0.717, 1.165) is 6.54 Å². The van der Waals surface area contributed by atoms with E-state index in [-0.39, 0.29) is 0 Å². The van der Waals surface area contributed by atoms with Crippen molar-refractivity contribution in [2.75, 3.05) is 5.32 Å². The van der Waals surface area contributed by atoms with Gasteiger partial charge in [0, 0.05) is 27.5 Å². The Morgan fingerprint density at radius 2 is 1.95 bits per heavy atom. The molecule has 0 aliphatic rings. The lowest BCUT2D eigenvalue weighted by Crippen LogP contribution is -1.99. The number of anilines is 1. The Labute approximate surface area is 127 Å². The third kappa shape index (κ3) is 2.94. The van der Waals surface area contributed by atoms with Crippen molar-refractivity contribution in [3.8, 4) is 10.4 Å². The molecular formula is C17H17NS2. The third-order valence-corrected chi connectivity index (χ3v) is 5.16. The van der Waals surface area contributed by atoms with Crippen LogP contribution in [0.4, 0.5) is 5.69 Å². The maximum Gasteiger partial charge on any atom is 0.0494 e. The molecule has 1 aromatic carbocycles. The molecule has 0 amide bonds. The number of thiophene rings is 2. The second-order valence-corrected chi connectivity index (χ2v) is 6.89. The molecule has 3 heteroatoms. The monoisotopic (exact) mass is 299 g/mol. The number of rotatable bonds is 4. The summed E-state index contributed by atoms with van der Waals surface area (Å²) in [4.78, 5) is 2.72. The van der Waals surface area contributed by atoms with Gasteiger partial charge in [-0.3, -0.25) is 0 Å². The Morgan fingerprint density at radius 1 is 1.05 bits per heavy atom. The van der Waals surface area contributed by atoms with Gasteiger partial charge in [-0.1, -0.05) is 18.2 Å². The first kappa shape index (κ1) is 13.4. The lowest BCUT2D eigenvalue weighted by Gasteiger charge is -2.09. The van der Waals surface area contributed by atoms with Crippen molar-refractivity contribution < 1.29 is 0 Å². The number of hydrogen-bond donors (Lipinski definition) is 1. The first-order valence-electron chi connectivity index (χ1n) is 6.65. The highest BCUT2D eigenvalue weighted by Crippen LogP contribution is 2.29. The fourth-order valence-corrected chi connectivity index (χ4v) is 3.77. The average Bonchev–Trinajstić information content (AvgIpc) is 3.09. The number of hydrogen-bond acceptors (Lipinski definition) is 3. The first-order valence-corrected chi connectivity index (χ1v) is 8.41. The van der Waals surface area contributed by atoms with Crippen LogP contribution in [0.2, 0.25) is 0 Å². The normalized spacial score (nSPS) is 10.7. The van der Waals surface area contributed by atoms with Crippen LogP contribution in [0.15, 0.2) is 47.2 Å². The largest absolute Gasteiger partial charge is 0.380 e. The molecule has 1 nitrogen and oxygen atoms in total. The fourth-order valence-electron chi connectivity index (χ4n) is 2.15. The molecule has 0 fully saturated rings. The van der Waals surface area contributed by atoms with Crippen LogP contribution >= 0.6 is 22.7 Å². The summed E-state index contributed by atoms with van der Waals surface area (Å²) in [6.07, 6.45) is 0. The zero-order valence-corrected chi connectivity index (χ0v) is 13.3. The predicted molar refractivity (Wildman–Crippen MR) is 90.9 cm³/mol. The van der Waals surface area contributed by atoms with Gasteiger partial charge in [0.05, 0.1) is 0 Å². The van der Waals surface area contributed by atoms with Gasteiger partial charge in [0.15, 0.2) is 0 Å².